The molecule has 0 atom stereocenters. The first kappa shape index (κ1) is 20.0. The maximum absolute atomic E-state index is 15.0. The van der Waals surface area contributed by atoms with Crippen molar-refractivity contribution in [2.24, 2.45) is 0 Å². The van der Waals surface area contributed by atoms with Crippen LogP contribution in [0, 0.1) is 17.5 Å². The van der Waals surface area contributed by atoms with E-state index in [9.17, 15) is 22.8 Å². The standard InChI is InChI=1S/C22H13F3N4O2/c23-14-2-1-3-16(7-14)28-22(31)29-19-9-15(24)8-17(20(19)25)21(30)12-4-5-18-13(6-12)10-26-11-27-18/h1-11H,(H2,28,29,31). The molecule has 0 bridgehead atoms. The molecule has 0 saturated heterocycles. The van der Waals surface area contributed by atoms with E-state index in [-0.39, 0.29) is 11.3 Å². The van der Waals surface area contributed by atoms with E-state index in [1.165, 1.54) is 42.9 Å². The van der Waals surface area contributed by atoms with Crippen LogP contribution in [-0.4, -0.2) is 21.8 Å². The summed E-state index contributed by atoms with van der Waals surface area (Å²) in [6.07, 6.45) is 2.84. The lowest BCUT2D eigenvalue weighted by atomic mass is 10.0. The van der Waals surface area contributed by atoms with Crippen LogP contribution >= 0.6 is 0 Å². The summed E-state index contributed by atoms with van der Waals surface area (Å²) in [4.78, 5) is 32.8. The van der Waals surface area contributed by atoms with Gasteiger partial charge in [0.25, 0.3) is 0 Å². The van der Waals surface area contributed by atoms with Crippen LogP contribution < -0.4 is 10.6 Å². The topological polar surface area (TPSA) is 84.0 Å². The van der Waals surface area contributed by atoms with Crippen LogP contribution in [0.25, 0.3) is 10.9 Å². The lowest BCUT2D eigenvalue weighted by molar-refractivity contribution is 0.103. The Hall–Kier alpha value is -4.27. The molecule has 2 N–H and O–H groups in total. The van der Waals surface area contributed by atoms with Gasteiger partial charge < -0.3 is 10.6 Å². The number of hydrogen-bond acceptors (Lipinski definition) is 4. The fraction of sp³-hybridized carbons (Fsp3) is 0. The van der Waals surface area contributed by atoms with Gasteiger partial charge in [0.05, 0.1) is 16.8 Å². The molecule has 1 aromatic heterocycles. The van der Waals surface area contributed by atoms with Crippen molar-refractivity contribution in [2.45, 2.75) is 0 Å². The molecule has 0 radical (unpaired) electrons. The molecular formula is C22H13F3N4O2. The number of halogens is 3. The molecule has 1 heterocycles. The molecular weight excluding hydrogens is 409 g/mol. The number of rotatable bonds is 4. The average molecular weight is 422 g/mol. The summed E-state index contributed by atoms with van der Waals surface area (Å²) in [6, 6.07) is 10.1. The predicted octanol–water partition coefficient (Wildman–Crippen LogP) is 4.92. The quantitative estimate of drug-likeness (QED) is 0.457. The number of fused-ring (bicyclic) bond motifs is 1. The van der Waals surface area contributed by atoms with Gasteiger partial charge in [0.2, 0.25) is 0 Å². The second-order valence-corrected chi connectivity index (χ2v) is 6.53. The summed E-state index contributed by atoms with van der Waals surface area (Å²) in [5, 5.41) is 4.99. The predicted molar refractivity (Wildman–Crippen MR) is 108 cm³/mol. The fourth-order valence-corrected chi connectivity index (χ4v) is 2.98. The van der Waals surface area contributed by atoms with Crippen LogP contribution in [0.15, 0.2) is 67.1 Å². The number of ketones is 1. The fourth-order valence-electron chi connectivity index (χ4n) is 2.98. The van der Waals surface area contributed by atoms with Crippen molar-refractivity contribution in [3.8, 4) is 0 Å². The van der Waals surface area contributed by atoms with Crippen molar-refractivity contribution in [3.05, 3.63) is 95.7 Å². The molecule has 3 aromatic carbocycles. The Morgan fingerprint density at radius 3 is 2.52 bits per heavy atom. The van der Waals surface area contributed by atoms with Gasteiger partial charge in [-0.1, -0.05) is 6.07 Å². The van der Waals surface area contributed by atoms with E-state index in [1.807, 2.05) is 0 Å². The lowest BCUT2D eigenvalue weighted by Crippen LogP contribution is -2.21. The van der Waals surface area contributed by atoms with Crippen LogP contribution in [0.2, 0.25) is 0 Å². The third-order valence-electron chi connectivity index (χ3n) is 4.38. The Morgan fingerprint density at radius 2 is 1.71 bits per heavy atom. The molecule has 0 unspecified atom stereocenters. The SMILES string of the molecule is O=C(Nc1cccc(F)c1)Nc1cc(F)cc(C(=O)c2ccc3ncncc3c2)c1F. The van der Waals surface area contributed by atoms with Crippen molar-refractivity contribution < 1.29 is 22.8 Å². The van der Waals surface area contributed by atoms with Gasteiger partial charge >= 0.3 is 6.03 Å². The van der Waals surface area contributed by atoms with Gasteiger partial charge in [0.1, 0.15) is 18.0 Å². The third kappa shape index (κ3) is 4.35. The van der Waals surface area contributed by atoms with E-state index in [2.05, 4.69) is 20.6 Å². The van der Waals surface area contributed by atoms with Gasteiger partial charge in [-0.15, -0.1) is 0 Å². The highest BCUT2D eigenvalue weighted by Crippen LogP contribution is 2.24. The zero-order valence-corrected chi connectivity index (χ0v) is 15.7. The minimum atomic E-state index is -1.11. The number of benzene rings is 3. The first-order valence-corrected chi connectivity index (χ1v) is 8.98. The maximum atomic E-state index is 15.0. The maximum Gasteiger partial charge on any atom is 0.323 e. The van der Waals surface area contributed by atoms with E-state index < -0.39 is 40.5 Å². The molecule has 0 saturated carbocycles. The Labute approximate surface area is 173 Å². The van der Waals surface area contributed by atoms with E-state index in [1.54, 1.807) is 6.07 Å². The monoisotopic (exact) mass is 422 g/mol. The van der Waals surface area contributed by atoms with Crippen LogP contribution in [0.1, 0.15) is 15.9 Å². The van der Waals surface area contributed by atoms with Gasteiger partial charge in [0.15, 0.2) is 11.6 Å². The van der Waals surface area contributed by atoms with Crippen LogP contribution in [0.5, 0.6) is 0 Å². The van der Waals surface area contributed by atoms with Crippen molar-refractivity contribution >= 4 is 34.1 Å². The van der Waals surface area contributed by atoms with Crippen LogP contribution in [-0.2, 0) is 0 Å². The van der Waals surface area contributed by atoms with Crippen molar-refractivity contribution in [2.75, 3.05) is 10.6 Å². The molecule has 0 spiro atoms. The number of amides is 2. The highest BCUT2D eigenvalue weighted by atomic mass is 19.1. The summed E-state index contributed by atoms with van der Waals surface area (Å²) in [5.41, 5.74) is -0.299. The smallest absolute Gasteiger partial charge is 0.308 e. The number of urea groups is 1. The molecule has 154 valence electrons. The second kappa shape index (κ2) is 8.23. The number of nitrogens with one attached hydrogen (secondary N) is 2. The number of carbonyl (C=O) groups is 2. The molecule has 31 heavy (non-hydrogen) atoms. The molecule has 9 heteroatoms. The van der Waals surface area contributed by atoms with E-state index >= 15 is 0 Å². The largest absolute Gasteiger partial charge is 0.323 e. The van der Waals surface area contributed by atoms with Gasteiger partial charge in [0, 0.05) is 28.9 Å². The minimum absolute atomic E-state index is 0.0990. The molecule has 6 nitrogen and oxygen atoms in total. The number of carbonyl (C=O) groups excluding carboxylic acids is 2. The summed E-state index contributed by atoms with van der Waals surface area (Å²) in [6.45, 7) is 0. The molecule has 4 rings (SSSR count). The Kier molecular flexibility index (Phi) is 5.31. The summed E-state index contributed by atoms with van der Waals surface area (Å²) >= 11 is 0. The zero-order chi connectivity index (χ0) is 22.0. The molecule has 0 aliphatic heterocycles. The Balaban J connectivity index is 1.62. The highest BCUT2D eigenvalue weighted by Gasteiger charge is 2.20. The van der Waals surface area contributed by atoms with Crippen LogP contribution in [0.3, 0.4) is 0 Å². The van der Waals surface area contributed by atoms with E-state index in [0.717, 1.165) is 18.2 Å². The zero-order valence-electron chi connectivity index (χ0n) is 15.7. The van der Waals surface area contributed by atoms with Gasteiger partial charge in [-0.3, -0.25) is 4.79 Å². The van der Waals surface area contributed by atoms with Crippen molar-refractivity contribution in [3.63, 3.8) is 0 Å². The first-order chi connectivity index (χ1) is 14.9. The van der Waals surface area contributed by atoms with E-state index in [0.29, 0.717) is 10.9 Å². The van der Waals surface area contributed by atoms with Crippen molar-refractivity contribution in [1.29, 1.82) is 0 Å². The minimum Gasteiger partial charge on any atom is -0.308 e. The molecule has 0 fully saturated rings. The summed E-state index contributed by atoms with van der Waals surface area (Å²) < 4.78 is 42.3. The second-order valence-electron chi connectivity index (χ2n) is 6.53. The molecule has 2 amide bonds. The van der Waals surface area contributed by atoms with Gasteiger partial charge in [-0.25, -0.2) is 27.9 Å². The summed E-state index contributed by atoms with van der Waals surface area (Å²) in [7, 11) is 0. The highest BCUT2D eigenvalue weighted by molar-refractivity contribution is 6.11. The third-order valence-corrected chi connectivity index (χ3v) is 4.38. The number of anilines is 2. The molecule has 0 aliphatic rings. The van der Waals surface area contributed by atoms with Crippen LogP contribution in [0.4, 0.5) is 29.3 Å². The number of hydrogen-bond donors (Lipinski definition) is 2. The van der Waals surface area contributed by atoms with Crippen molar-refractivity contribution in [1.82, 2.24) is 9.97 Å². The first-order valence-electron chi connectivity index (χ1n) is 8.98. The Morgan fingerprint density at radius 1 is 0.871 bits per heavy atom. The number of aromatic nitrogens is 2. The number of nitrogens with zero attached hydrogens (tertiary/aromatic N) is 2. The van der Waals surface area contributed by atoms with Gasteiger partial charge in [-0.05, 0) is 42.5 Å². The Bertz CT molecular complexity index is 1330. The van der Waals surface area contributed by atoms with E-state index in [4.69, 9.17) is 0 Å². The normalized spacial score (nSPS) is 10.7. The molecule has 4 aromatic rings. The lowest BCUT2D eigenvalue weighted by Gasteiger charge is -2.11. The van der Waals surface area contributed by atoms with Gasteiger partial charge in [-0.2, -0.15) is 0 Å². The average Bonchev–Trinajstić information content (AvgIpc) is 2.75. The molecule has 0 aliphatic carbocycles. The summed E-state index contributed by atoms with van der Waals surface area (Å²) in [5.74, 6) is -3.39.